The van der Waals surface area contributed by atoms with Crippen LogP contribution in [0, 0.1) is 0 Å². The van der Waals surface area contributed by atoms with Crippen molar-refractivity contribution >= 4 is 27.4 Å². The summed E-state index contributed by atoms with van der Waals surface area (Å²) in [5.74, 6) is 0. The molecule has 0 radical (unpaired) electrons. The van der Waals surface area contributed by atoms with E-state index in [4.69, 9.17) is 17.0 Å². The van der Waals surface area contributed by atoms with E-state index in [1.807, 2.05) is 11.0 Å². The van der Waals surface area contributed by atoms with Gasteiger partial charge in [0.15, 0.2) is 5.11 Å². The van der Waals surface area contributed by atoms with Crippen LogP contribution < -0.4 is 5.32 Å². The molecule has 3 rings (SSSR count). The molecule has 1 aromatic rings. The first-order valence-electron chi connectivity index (χ1n) is 8.95. The van der Waals surface area contributed by atoms with Crippen molar-refractivity contribution < 1.29 is 13.2 Å². The molecule has 0 atom stereocenters. The van der Waals surface area contributed by atoms with E-state index in [1.54, 1.807) is 24.3 Å². The average Bonchev–Trinajstić information content (AvgIpc) is 2.69. The quantitative estimate of drug-likeness (QED) is 0.711. The molecule has 1 aromatic carbocycles. The number of morpholine rings is 1. The number of nitrogens with zero attached hydrogens (tertiary/aromatic N) is 3. The van der Waals surface area contributed by atoms with Crippen LogP contribution in [0.3, 0.4) is 0 Å². The predicted molar refractivity (Wildman–Crippen MR) is 105 cm³/mol. The van der Waals surface area contributed by atoms with Gasteiger partial charge < -0.3 is 15.0 Å². The third kappa shape index (κ3) is 4.92. The van der Waals surface area contributed by atoms with Crippen LogP contribution in [-0.4, -0.2) is 93.2 Å². The molecule has 0 bridgehead atoms. The van der Waals surface area contributed by atoms with Crippen LogP contribution in [0.2, 0.25) is 0 Å². The molecule has 26 heavy (non-hydrogen) atoms. The zero-order valence-corrected chi connectivity index (χ0v) is 16.5. The molecule has 0 spiro atoms. The highest BCUT2D eigenvalue weighted by atomic mass is 32.2. The van der Waals surface area contributed by atoms with Gasteiger partial charge in [0.2, 0.25) is 10.0 Å². The standard InChI is InChI=1S/C17H26N4O3S2/c22-26(23,16-4-2-1-3-5-16)21-10-8-20(9-11-21)17(25)18-6-7-19-12-14-24-15-13-19/h1-5H,6-15H2,(H,18,25). The summed E-state index contributed by atoms with van der Waals surface area (Å²) in [5.41, 5.74) is 0. The van der Waals surface area contributed by atoms with Crippen LogP contribution in [0.15, 0.2) is 35.2 Å². The Bertz CT molecular complexity index is 685. The summed E-state index contributed by atoms with van der Waals surface area (Å²) in [7, 11) is -3.42. The lowest BCUT2D eigenvalue weighted by Crippen LogP contribution is -2.53. The SMILES string of the molecule is O=S(=O)(c1ccccc1)N1CCN(C(=S)NCCN2CCOCC2)CC1. The minimum atomic E-state index is -3.42. The summed E-state index contributed by atoms with van der Waals surface area (Å²) in [6.45, 7) is 7.35. The number of nitrogens with one attached hydrogen (secondary N) is 1. The van der Waals surface area contributed by atoms with Gasteiger partial charge in [0.05, 0.1) is 18.1 Å². The molecule has 2 aliphatic heterocycles. The van der Waals surface area contributed by atoms with Crippen molar-refractivity contribution in [1.82, 2.24) is 19.4 Å². The van der Waals surface area contributed by atoms with Gasteiger partial charge in [-0.3, -0.25) is 4.90 Å². The van der Waals surface area contributed by atoms with Crippen molar-refractivity contribution in [1.29, 1.82) is 0 Å². The van der Waals surface area contributed by atoms with Gasteiger partial charge in [0.25, 0.3) is 0 Å². The maximum Gasteiger partial charge on any atom is 0.243 e. The molecule has 0 aliphatic carbocycles. The van der Waals surface area contributed by atoms with Crippen LogP contribution in [0.4, 0.5) is 0 Å². The lowest BCUT2D eigenvalue weighted by molar-refractivity contribution is 0.0388. The van der Waals surface area contributed by atoms with Gasteiger partial charge in [-0.1, -0.05) is 18.2 Å². The summed E-state index contributed by atoms with van der Waals surface area (Å²) < 4.78 is 32.2. The van der Waals surface area contributed by atoms with E-state index >= 15 is 0 Å². The zero-order valence-electron chi connectivity index (χ0n) is 14.8. The zero-order chi connectivity index (χ0) is 18.4. The van der Waals surface area contributed by atoms with E-state index in [1.165, 1.54) is 4.31 Å². The minimum absolute atomic E-state index is 0.347. The number of hydrogen-bond donors (Lipinski definition) is 1. The fourth-order valence-corrected chi connectivity index (χ4v) is 4.86. The lowest BCUT2D eigenvalue weighted by Gasteiger charge is -2.35. The highest BCUT2D eigenvalue weighted by molar-refractivity contribution is 7.89. The second-order valence-electron chi connectivity index (χ2n) is 6.39. The number of rotatable bonds is 5. The largest absolute Gasteiger partial charge is 0.379 e. The maximum absolute atomic E-state index is 12.7. The Kier molecular flexibility index (Phi) is 6.82. The second kappa shape index (κ2) is 9.09. The van der Waals surface area contributed by atoms with Gasteiger partial charge in [-0.15, -0.1) is 0 Å². The summed E-state index contributed by atoms with van der Waals surface area (Å²) in [6, 6.07) is 8.59. The van der Waals surface area contributed by atoms with Gasteiger partial charge in [-0.25, -0.2) is 8.42 Å². The lowest BCUT2D eigenvalue weighted by atomic mass is 10.4. The van der Waals surface area contributed by atoms with E-state index in [0.717, 1.165) is 39.4 Å². The number of hydrogen-bond acceptors (Lipinski definition) is 5. The molecule has 0 unspecified atom stereocenters. The number of benzene rings is 1. The molecule has 144 valence electrons. The first-order chi connectivity index (χ1) is 12.6. The van der Waals surface area contributed by atoms with Crippen molar-refractivity contribution in [3.63, 3.8) is 0 Å². The predicted octanol–water partition coefficient (Wildman–Crippen LogP) is 0.200. The summed E-state index contributed by atoms with van der Waals surface area (Å²) >= 11 is 5.47. The second-order valence-corrected chi connectivity index (χ2v) is 8.71. The Labute approximate surface area is 160 Å². The molecule has 2 fully saturated rings. The fraction of sp³-hybridized carbons (Fsp3) is 0.588. The molecule has 1 N–H and O–H groups in total. The van der Waals surface area contributed by atoms with Crippen molar-refractivity contribution in [3.8, 4) is 0 Å². The Morgan fingerprint density at radius 1 is 1.04 bits per heavy atom. The summed E-state index contributed by atoms with van der Waals surface area (Å²) in [5, 5.41) is 4.00. The van der Waals surface area contributed by atoms with E-state index in [2.05, 4.69) is 10.2 Å². The van der Waals surface area contributed by atoms with Crippen LogP contribution in [0.1, 0.15) is 0 Å². The molecule has 0 amide bonds. The maximum atomic E-state index is 12.7. The molecule has 2 heterocycles. The topological polar surface area (TPSA) is 65.1 Å². The number of thiocarbonyl (C=S) groups is 1. The van der Waals surface area contributed by atoms with Gasteiger partial charge in [-0.05, 0) is 24.4 Å². The first kappa shape index (κ1) is 19.5. The van der Waals surface area contributed by atoms with Gasteiger partial charge in [-0.2, -0.15) is 4.31 Å². The normalized spacial score (nSPS) is 20.1. The molecule has 2 saturated heterocycles. The average molecular weight is 399 g/mol. The van der Waals surface area contributed by atoms with E-state index in [-0.39, 0.29) is 0 Å². The van der Waals surface area contributed by atoms with Crippen LogP contribution >= 0.6 is 12.2 Å². The molecule has 0 aromatic heterocycles. The third-order valence-electron chi connectivity index (χ3n) is 4.71. The summed E-state index contributed by atoms with van der Waals surface area (Å²) in [6.07, 6.45) is 0. The molecule has 9 heteroatoms. The van der Waals surface area contributed by atoms with E-state index in [9.17, 15) is 8.42 Å². The minimum Gasteiger partial charge on any atom is -0.379 e. The third-order valence-corrected chi connectivity index (χ3v) is 7.03. The van der Waals surface area contributed by atoms with Gasteiger partial charge >= 0.3 is 0 Å². The van der Waals surface area contributed by atoms with Crippen LogP contribution in [0.5, 0.6) is 0 Å². The summed E-state index contributed by atoms with van der Waals surface area (Å²) in [4.78, 5) is 4.74. The Hall–Kier alpha value is -1.26. The van der Waals surface area contributed by atoms with Crippen molar-refractivity contribution in [3.05, 3.63) is 30.3 Å². The van der Waals surface area contributed by atoms with Crippen molar-refractivity contribution in [2.24, 2.45) is 0 Å². The fourth-order valence-electron chi connectivity index (χ4n) is 3.13. The smallest absolute Gasteiger partial charge is 0.243 e. The highest BCUT2D eigenvalue weighted by Crippen LogP contribution is 2.17. The number of ether oxygens (including phenoxy) is 1. The molecular weight excluding hydrogens is 372 g/mol. The highest BCUT2D eigenvalue weighted by Gasteiger charge is 2.29. The monoisotopic (exact) mass is 398 g/mol. The number of sulfonamides is 1. The Morgan fingerprint density at radius 3 is 2.35 bits per heavy atom. The van der Waals surface area contributed by atoms with Gasteiger partial charge in [0.1, 0.15) is 0 Å². The Balaban J connectivity index is 1.43. The molecule has 7 nitrogen and oxygen atoms in total. The van der Waals surface area contributed by atoms with E-state index in [0.29, 0.717) is 36.2 Å². The van der Waals surface area contributed by atoms with Crippen molar-refractivity contribution in [2.45, 2.75) is 4.90 Å². The van der Waals surface area contributed by atoms with E-state index < -0.39 is 10.0 Å². The van der Waals surface area contributed by atoms with Crippen LogP contribution in [-0.2, 0) is 14.8 Å². The van der Waals surface area contributed by atoms with Gasteiger partial charge in [0, 0.05) is 52.4 Å². The van der Waals surface area contributed by atoms with Crippen LogP contribution in [0.25, 0.3) is 0 Å². The first-order valence-corrected chi connectivity index (χ1v) is 10.8. The molecule has 2 aliphatic rings. The van der Waals surface area contributed by atoms with Crippen molar-refractivity contribution in [2.75, 3.05) is 65.6 Å². The Morgan fingerprint density at radius 2 is 1.69 bits per heavy atom. The molecular formula is C17H26N4O3S2. The molecule has 0 saturated carbocycles. The number of piperazine rings is 1.